The van der Waals surface area contributed by atoms with Gasteiger partial charge in [-0.05, 0) is 37.2 Å². The molecule has 1 aromatic carbocycles. The van der Waals surface area contributed by atoms with E-state index in [2.05, 4.69) is 0 Å². The van der Waals surface area contributed by atoms with Gasteiger partial charge in [0.15, 0.2) is 0 Å². The van der Waals surface area contributed by atoms with Crippen molar-refractivity contribution in [3.63, 3.8) is 0 Å². The summed E-state index contributed by atoms with van der Waals surface area (Å²) in [5, 5.41) is 8.48. The summed E-state index contributed by atoms with van der Waals surface area (Å²) in [6.45, 7) is 2.17. The summed E-state index contributed by atoms with van der Waals surface area (Å²) in [5.74, 6) is 0.227. The Hall–Kier alpha value is -2.08. The van der Waals surface area contributed by atoms with Crippen molar-refractivity contribution < 1.29 is 14.8 Å². The molecule has 1 heterocycles. The molecule has 2 rings (SSSR count). The third-order valence-corrected chi connectivity index (χ3v) is 4.62. The third-order valence-electron chi connectivity index (χ3n) is 4.62. The van der Waals surface area contributed by atoms with Gasteiger partial charge in [-0.3, -0.25) is 10.0 Å². The second kappa shape index (κ2) is 9.27. The number of nitrogens with one attached hydrogen (secondary N) is 1. The van der Waals surface area contributed by atoms with Crippen LogP contribution in [0.25, 0.3) is 0 Å². The molecule has 0 spiro atoms. The number of hydroxylamine groups is 1. The maximum absolute atomic E-state index is 12.5. The molecule has 0 atom stereocenters. The normalized spacial score (nSPS) is 15.2. The lowest BCUT2D eigenvalue weighted by atomic mass is 9.91. The molecule has 0 aliphatic carbocycles. The predicted octanol–water partition coefficient (Wildman–Crippen LogP) is 2.63. The highest BCUT2D eigenvalue weighted by molar-refractivity contribution is 5.74. The first-order chi connectivity index (χ1) is 11.6. The Labute approximate surface area is 143 Å². The molecular weight excluding hydrogens is 306 g/mol. The van der Waals surface area contributed by atoms with E-state index in [-0.39, 0.29) is 11.9 Å². The van der Waals surface area contributed by atoms with Crippen LogP contribution < -0.4 is 5.48 Å². The number of carbonyl (C=O) groups excluding carboxylic acids is 2. The van der Waals surface area contributed by atoms with Crippen LogP contribution in [0.5, 0.6) is 0 Å². The first-order valence-electron chi connectivity index (χ1n) is 8.57. The lowest BCUT2D eigenvalue weighted by molar-refractivity contribution is -0.129. The lowest BCUT2D eigenvalue weighted by Crippen LogP contribution is -2.45. The Morgan fingerprint density at radius 1 is 1.25 bits per heavy atom. The van der Waals surface area contributed by atoms with E-state index >= 15 is 0 Å². The Kier molecular flexibility index (Phi) is 7.06. The van der Waals surface area contributed by atoms with E-state index in [1.807, 2.05) is 42.3 Å². The summed E-state index contributed by atoms with van der Waals surface area (Å²) < 4.78 is 0. The van der Waals surface area contributed by atoms with Crippen molar-refractivity contribution in [2.24, 2.45) is 5.92 Å². The lowest BCUT2D eigenvalue weighted by Gasteiger charge is -2.34. The van der Waals surface area contributed by atoms with Gasteiger partial charge in [-0.25, -0.2) is 10.3 Å². The summed E-state index contributed by atoms with van der Waals surface area (Å²) >= 11 is 0. The quantitative estimate of drug-likeness (QED) is 0.621. The highest BCUT2D eigenvalue weighted by Crippen LogP contribution is 2.23. The van der Waals surface area contributed by atoms with Crippen molar-refractivity contribution in [2.75, 3.05) is 20.1 Å². The van der Waals surface area contributed by atoms with E-state index in [4.69, 9.17) is 5.21 Å². The van der Waals surface area contributed by atoms with Crippen molar-refractivity contribution in [1.29, 1.82) is 0 Å². The fourth-order valence-electron chi connectivity index (χ4n) is 3.19. The van der Waals surface area contributed by atoms with Gasteiger partial charge in [0.2, 0.25) is 5.91 Å². The monoisotopic (exact) mass is 333 g/mol. The van der Waals surface area contributed by atoms with Crippen LogP contribution >= 0.6 is 0 Å². The molecule has 1 fully saturated rings. The van der Waals surface area contributed by atoms with E-state index in [1.54, 1.807) is 10.4 Å². The molecule has 2 N–H and O–H groups in total. The van der Waals surface area contributed by atoms with Gasteiger partial charge in [0.05, 0.1) is 0 Å². The van der Waals surface area contributed by atoms with Crippen LogP contribution in [0.1, 0.15) is 37.7 Å². The van der Waals surface area contributed by atoms with Crippen LogP contribution in [-0.4, -0.2) is 47.1 Å². The molecule has 3 amide bonds. The molecule has 0 saturated carbocycles. The van der Waals surface area contributed by atoms with E-state index < -0.39 is 0 Å². The molecule has 0 unspecified atom stereocenters. The van der Waals surface area contributed by atoms with Gasteiger partial charge >= 0.3 is 6.03 Å². The van der Waals surface area contributed by atoms with Gasteiger partial charge in [-0.1, -0.05) is 30.3 Å². The standard InChI is InChI=1S/C18H27N3O3/c1-20(14-16-6-3-2-4-7-16)18(23)21-12-10-15(11-13-21)8-5-9-17(22)19-24/h2-4,6-7,15,24H,5,8-14H2,1H3,(H,19,22). The highest BCUT2D eigenvalue weighted by atomic mass is 16.5. The van der Waals surface area contributed by atoms with E-state index in [1.165, 1.54) is 0 Å². The number of rotatable bonds is 6. The maximum Gasteiger partial charge on any atom is 0.320 e. The highest BCUT2D eigenvalue weighted by Gasteiger charge is 2.24. The zero-order valence-electron chi connectivity index (χ0n) is 14.3. The number of benzene rings is 1. The van der Waals surface area contributed by atoms with Gasteiger partial charge in [0, 0.05) is 33.1 Å². The predicted molar refractivity (Wildman–Crippen MR) is 91.4 cm³/mol. The van der Waals surface area contributed by atoms with Gasteiger partial charge < -0.3 is 9.80 Å². The fourth-order valence-corrected chi connectivity index (χ4v) is 3.19. The summed E-state index contributed by atoms with van der Waals surface area (Å²) in [6.07, 6.45) is 4.06. The smallest absolute Gasteiger partial charge is 0.320 e. The molecular formula is C18H27N3O3. The van der Waals surface area contributed by atoms with Crippen molar-refractivity contribution in [1.82, 2.24) is 15.3 Å². The maximum atomic E-state index is 12.5. The Bertz CT molecular complexity index is 528. The van der Waals surface area contributed by atoms with Gasteiger partial charge in [0.1, 0.15) is 0 Å². The molecule has 1 aromatic rings. The molecule has 1 saturated heterocycles. The number of likely N-dealkylation sites (tertiary alicyclic amines) is 1. The SMILES string of the molecule is CN(Cc1ccccc1)C(=O)N1CCC(CCCC(=O)NO)CC1. The molecule has 24 heavy (non-hydrogen) atoms. The van der Waals surface area contributed by atoms with Crippen LogP contribution in [0.15, 0.2) is 30.3 Å². The van der Waals surface area contributed by atoms with Crippen LogP contribution in [-0.2, 0) is 11.3 Å². The minimum atomic E-state index is -0.329. The average molecular weight is 333 g/mol. The summed E-state index contributed by atoms with van der Waals surface area (Å²) in [4.78, 5) is 27.2. The number of hydrogen-bond donors (Lipinski definition) is 2. The zero-order chi connectivity index (χ0) is 17.4. The molecule has 6 heteroatoms. The number of amides is 3. The van der Waals surface area contributed by atoms with Crippen LogP contribution in [0.2, 0.25) is 0 Å². The van der Waals surface area contributed by atoms with Gasteiger partial charge in [-0.15, -0.1) is 0 Å². The number of hydrogen-bond acceptors (Lipinski definition) is 3. The average Bonchev–Trinajstić information content (AvgIpc) is 2.62. The fraction of sp³-hybridized carbons (Fsp3) is 0.556. The molecule has 1 aliphatic heterocycles. The second-order valence-corrected chi connectivity index (χ2v) is 6.48. The molecule has 0 radical (unpaired) electrons. The molecule has 1 aliphatic rings. The summed E-state index contributed by atoms with van der Waals surface area (Å²) in [7, 11) is 1.84. The van der Waals surface area contributed by atoms with Gasteiger partial charge in [0.25, 0.3) is 0 Å². The van der Waals surface area contributed by atoms with Crippen LogP contribution in [0.3, 0.4) is 0 Å². The first-order valence-corrected chi connectivity index (χ1v) is 8.57. The minimum Gasteiger partial charge on any atom is -0.325 e. The second-order valence-electron chi connectivity index (χ2n) is 6.48. The first kappa shape index (κ1) is 18.3. The number of carbonyl (C=O) groups is 2. The Morgan fingerprint density at radius 3 is 2.54 bits per heavy atom. The summed E-state index contributed by atoms with van der Waals surface area (Å²) in [5.41, 5.74) is 2.79. The van der Waals surface area contributed by atoms with Crippen molar-refractivity contribution >= 4 is 11.9 Å². The van der Waals surface area contributed by atoms with E-state index in [0.29, 0.717) is 18.9 Å². The number of nitrogens with zero attached hydrogens (tertiary/aromatic N) is 2. The van der Waals surface area contributed by atoms with Crippen LogP contribution in [0, 0.1) is 5.92 Å². The molecule has 6 nitrogen and oxygen atoms in total. The topological polar surface area (TPSA) is 72.9 Å². The van der Waals surface area contributed by atoms with E-state index in [0.717, 1.165) is 44.3 Å². The minimum absolute atomic E-state index is 0.0805. The Morgan fingerprint density at radius 2 is 1.92 bits per heavy atom. The van der Waals surface area contributed by atoms with E-state index in [9.17, 15) is 9.59 Å². The van der Waals surface area contributed by atoms with Gasteiger partial charge in [-0.2, -0.15) is 0 Å². The largest absolute Gasteiger partial charge is 0.325 e. The van der Waals surface area contributed by atoms with Crippen LogP contribution in [0.4, 0.5) is 4.79 Å². The molecule has 0 bridgehead atoms. The number of piperidine rings is 1. The van der Waals surface area contributed by atoms with Crippen molar-refractivity contribution in [3.8, 4) is 0 Å². The van der Waals surface area contributed by atoms with Crippen molar-refractivity contribution in [3.05, 3.63) is 35.9 Å². The number of urea groups is 1. The third kappa shape index (κ3) is 5.53. The molecule has 0 aromatic heterocycles. The molecule has 132 valence electrons. The van der Waals surface area contributed by atoms with Crippen molar-refractivity contribution in [2.45, 2.75) is 38.6 Å². The zero-order valence-corrected chi connectivity index (χ0v) is 14.3. The summed E-state index contributed by atoms with van der Waals surface area (Å²) in [6, 6.07) is 10.1. The Balaban J connectivity index is 1.71.